The standard InChI is InChI=1S/C20H23F2N7O2.2H2/c21-16-2-1-3-17(22)15(16)12-26-18-4-5-25-20(28-18)27-14(10-23)11-24-13-19(30)29-6-8-31-9-7-29;;/h1-5,10-11H,6-9,12-13,23H2,(H2,25,26,27,28);2*1H/b14-10+,24-11?;;. The number of carbonyl (C=O) groups is 1. The van der Waals surface area contributed by atoms with Crippen LogP contribution in [0.1, 0.15) is 8.42 Å². The van der Waals surface area contributed by atoms with E-state index in [0.717, 1.165) is 0 Å². The Morgan fingerprint density at radius 1 is 1.29 bits per heavy atom. The zero-order valence-corrected chi connectivity index (χ0v) is 16.7. The molecule has 11 heteroatoms. The van der Waals surface area contributed by atoms with Gasteiger partial charge in [0.1, 0.15) is 24.0 Å². The van der Waals surface area contributed by atoms with Gasteiger partial charge in [-0.15, -0.1) is 0 Å². The predicted molar refractivity (Wildman–Crippen MR) is 117 cm³/mol. The van der Waals surface area contributed by atoms with E-state index in [0.29, 0.717) is 37.8 Å². The molecule has 1 saturated heterocycles. The third-order valence-corrected chi connectivity index (χ3v) is 4.42. The third-order valence-electron chi connectivity index (χ3n) is 4.42. The molecule has 1 aromatic carbocycles. The number of amides is 1. The van der Waals surface area contributed by atoms with Crippen molar-refractivity contribution in [2.75, 3.05) is 43.5 Å². The van der Waals surface area contributed by atoms with Gasteiger partial charge in [-0.2, -0.15) is 4.98 Å². The first-order chi connectivity index (χ1) is 15.1. The number of benzene rings is 1. The van der Waals surface area contributed by atoms with Crippen molar-refractivity contribution in [1.82, 2.24) is 14.9 Å². The van der Waals surface area contributed by atoms with Crippen LogP contribution in [0.5, 0.6) is 0 Å². The Morgan fingerprint density at radius 2 is 2.03 bits per heavy atom. The van der Waals surface area contributed by atoms with Gasteiger partial charge in [-0.25, -0.2) is 13.8 Å². The normalized spacial score (nSPS) is 14.6. The molecule has 1 aromatic heterocycles. The number of allylic oxidation sites excluding steroid dienone is 1. The first-order valence-corrected chi connectivity index (χ1v) is 9.61. The molecule has 0 bridgehead atoms. The molecule has 1 aliphatic rings. The monoisotopic (exact) mass is 435 g/mol. The topological polar surface area (TPSA) is 118 Å². The van der Waals surface area contributed by atoms with Crippen LogP contribution in [-0.2, 0) is 16.1 Å². The van der Waals surface area contributed by atoms with Crippen molar-refractivity contribution in [1.29, 1.82) is 0 Å². The molecule has 1 fully saturated rings. The molecule has 9 nitrogen and oxygen atoms in total. The van der Waals surface area contributed by atoms with Crippen LogP contribution in [0.2, 0.25) is 0 Å². The summed E-state index contributed by atoms with van der Waals surface area (Å²) in [5, 5.41) is 5.73. The zero-order valence-electron chi connectivity index (χ0n) is 16.7. The minimum atomic E-state index is -0.643. The fraction of sp³-hybridized carbons (Fsp3) is 0.300. The number of nitrogens with one attached hydrogen (secondary N) is 2. The highest BCUT2D eigenvalue weighted by molar-refractivity contribution is 5.85. The maximum absolute atomic E-state index is 13.8. The summed E-state index contributed by atoms with van der Waals surface area (Å²) in [5.41, 5.74) is 5.90. The number of anilines is 2. The van der Waals surface area contributed by atoms with Gasteiger partial charge in [-0.1, -0.05) is 6.07 Å². The lowest BCUT2D eigenvalue weighted by molar-refractivity contribution is -0.133. The lowest BCUT2D eigenvalue weighted by Crippen LogP contribution is -2.41. The summed E-state index contributed by atoms with van der Waals surface area (Å²) in [7, 11) is 0. The Kier molecular flexibility index (Phi) is 7.82. The molecule has 1 amide bonds. The Labute approximate surface area is 181 Å². The van der Waals surface area contributed by atoms with Gasteiger partial charge in [0.05, 0.1) is 18.9 Å². The summed E-state index contributed by atoms with van der Waals surface area (Å²) in [6.45, 7) is 2.05. The van der Waals surface area contributed by atoms with Gasteiger partial charge >= 0.3 is 0 Å². The van der Waals surface area contributed by atoms with E-state index in [4.69, 9.17) is 10.5 Å². The number of aliphatic imine (C=N–C) groups is 1. The highest BCUT2D eigenvalue weighted by Gasteiger charge is 2.15. The van der Waals surface area contributed by atoms with E-state index in [2.05, 4.69) is 25.6 Å². The van der Waals surface area contributed by atoms with E-state index >= 15 is 0 Å². The number of ether oxygens (including phenoxy) is 1. The molecule has 0 aliphatic carbocycles. The summed E-state index contributed by atoms with van der Waals surface area (Å²) in [6.07, 6.45) is 4.15. The number of rotatable bonds is 8. The Balaban J connectivity index is 0.00000272. The lowest BCUT2D eigenvalue weighted by atomic mass is 10.2. The molecule has 0 spiro atoms. The van der Waals surface area contributed by atoms with Crippen molar-refractivity contribution in [3.8, 4) is 0 Å². The van der Waals surface area contributed by atoms with E-state index in [1.165, 1.54) is 36.8 Å². The summed E-state index contributed by atoms with van der Waals surface area (Å²) < 4.78 is 32.7. The minimum absolute atomic E-state index is 0. The van der Waals surface area contributed by atoms with Crippen LogP contribution < -0.4 is 16.4 Å². The number of carbonyl (C=O) groups excluding carboxylic acids is 1. The van der Waals surface area contributed by atoms with Crippen molar-refractivity contribution in [2.24, 2.45) is 10.7 Å². The summed E-state index contributed by atoms with van der Waals surface area (Å²) in [6, 6.07) is 5.24. The molecule has 1 aliphatic heterocycles. The first kappa shape index (κ1) is 22.1. The van der Waals surface area contributed by atoms with Gasteiger partial charge in [-0.3, -0.25) is 9.79 Å². The average Bonchev–Trinajstić information content (AvgIpc) is 2.79. The first-order valence-electron chi connectivity index (χ1n) is 9.61. The maximum atomic E-state index is 13.8. The van der Waals surface area contributed by atoms with E-state index in [1.807, 2.05) is 0 Å². The molecular formula is C20H27F2N7O2. The number of hydrogen-bond acceptors (Lipinski definition) is 8. The molecule has 31 heavy (non-hydrogen) atoms. The highest BCUT2D eigenvalue weighted by atomic mass is 19.1. The summed E-state index contributed by atoms with van der Waals surface area (Å²) in [5.74, 6) is -0.830. The molecule has 0 atom stereocenters. The molecule has 2 heterocycles. The van der Waals surface area contributed by atoms with Crippen molar-refractivity contribution < 1.29 is 21.2 Å². The second-order valence-corrected chi connectivity index (χ2v) is 6.53. The number of morpholine rings is 1. The van der Waals surface area contributed by atoms with Crippen LogP contribution in [0.25, 0.3) is 0 Å². The smallest absolute Gasteiger partial charge is 0.244 e. The Bertz CT molecular complexity index is 953. The van der Waals surface area contributed by atoms with Gasteiger partial charge in [0.25, 0.3) is 0 Å². The maximum Gasteiger partial charge on any atom is 0.244 e. The predicted octanol–water partition coefficient (Wildman–Crippen LogP) is 2.00. The second-order valence-electron chi connectivity index (χ2n) is 6.53. The van der Waals surface area contributed by atoms with Crippen LogP contribution in [-0.4, -0.2) is 59.8 Å². The van der Waals surface area contributed by atoms with Crippen LogP contribution in [0, 0.1) is 11.6 Å². The van der Waals surface area contributed by atoms with Gasteiger partial charge in [0, 0.05) is 46.7 Å². The second kappa shape index (κ2) is 11.0. The fourth-order valence-electron chi connectivity index (χ4n) is 2.78. The van der Waals surface area contributed by atoms with Crippen molar-refractivity contribution in [2.45, 2.75) is 6.54 Å². The molecule has 0 saturated carbocycles. The third kappa shape index (κ3) is 6.44. The molecule has 2 aromatic rings. The SMILES string of the molecule is N/C=C(\C=NCC(=O)N1CCOCC1)Nc1nccc(NCc2c(F)cccc2F)n1.[HH].[HH]. The van der Waals surface area contributed by atoms with Gasteiger partial charge in [0.15, 0.2) is 0 Å². The van der Waals surface area contributed by atoms with E-state index < -0.39 is 11.6 Å². The van der Waals surface area contributed by atoms with Crippen molar-refractivity contribution in [3.05, 3.63) is 59.6 Å². The van der Waals surface area contributed by atoms with Crippen LogP contribution in [0.4, 0.5) is 20.5 Å². The molecule has 3 rings (SSSR count). The molecule has 0 unspecified atom stereocenters. The number of nitrogens with zero attached hydrogens (tertiary/aromatic N) is 4. The average molecular weight is 435 g/mol. The van der Waals surface area contributed by atoms with Crippen LogP contribution in [0.3, 0.4) is 0 Å². The number of halogens is 2. The molecule has 168 valence electrons. The van der Waals surface area contributed by atoms with E-state index in [-0.39, 0.29) is 33.4 Å². The number of nitrogens with two attached hydrogens (primary N) is 1. The number of aromatic nitrogens is 2. The number of hydrogen-bond donors (Lipinski definition) is 3. The summed E-state index contributed by atoms with van der Waals surface area (Å²) in [4.78, 5) is 26.2. The quantitative estimate of drug-likeness (QED) is 0.543. The molecule has 4 N–H and O–H groups in total. The van der Waals surface area contributed by atoms with E-state index in [1.54, 1.807) is 11.0 Å². The van der Waals surface area contributed by atoms with Crippen molar-refractivity contribution >= 4 is 23.9 Å². The summed E-state index contributed by atoms with van der Waals surface area (Å²) >= 11 is 0. The Hall–Kier alpha value is -3.60. The van der Waals surface area contributed by atoms with E-state index in [9.17, 15) is 13.6 Å². The van der Waals surface area contributed by atoms with Gasteiger partial charge < -0.3 is 26.0 Å². The molecular weight excluding hydrogens is 408 g/mol. The van der Waals surface area contributed by atoms with Crippen LogP contribution >= 0.6 is 0 Å². The lowest BCUT2D eigenvalue weighted by Gasteiger charge is -2.26. The highest BCUT2D eigenvalue weighted by Crippen LogP contribution is 2.15. The largest absolute Gasteiger partial charge is 0.403 e. The van der Waals surface area contributed by atoms with Gasteiger partial charge in [0.2, 0.25) is 11.9 Å². The zero-order chi connectivity index (χ0) is 22.1. The van der Waals surface area contributed by atoms with Gasteiger partial charge in [-0.05, 0) is 18.2 Å². The van der Waals surface area contributed by atoms with Crippen LogP contribution in [0.15, 0.2) is 47.4 Å². The molecule has 0 radical (unpaired) electrons. The Morgan fingerprint density at radius 3 is 2.74 bits per heavy atom. The van der Waals surface area contributed by atoms with Crippen molar-refractivity contribution in [3.63, 3.8) is 0 Å². The minimum Gasteiger partial charge on any atom is -0.403 e. The fourth-order valence-corrected chi connectivity index (χ4v) is 2.78.